The van der Waals surface area contributed by atoms with Gasteiger partial charge in [-0.05, 0) is 81.6 Å². The molecule has 2 aromatic rings. The normalized spacial score (nSPS) is 15.3. The first-order valence-corrected chi connectivity index (χ1v) is 18.4. The van der Waals surface area contributed by atoms with Crippen molar-refractivity contribution in [1.29, 1.82) is 0 Å². The molecule has 0 aromatic carbocycles. The van der Waals surface area contributed by atoms with Crippen LogP contribution >= 0.6 is 11.8 Å². The van der Waals surface area contributed by atoms with Crippen molar-refractivity contribution in [3.05, 3.63) is 41.6 Å². The average Bonchev–Trinajstić information content (AvgIpc) is 3.64. The van der Waals surface area contributed by atoms with Crippen LogP contribution in [0.15, 0.2) is 28.9 Å². The standard InChI is InChI=1S/C35H58N6O6S/c1-21(2)15-29(38-35(46)28(12-14-48-9)37-33(44)24(6)20-41-26(8)18-25(7)40-41)31(42)17-23(5)32(43)39-30(16-22(3)4)34(45)36-19-27-11-10-13-47-27/h10-11,13,18,21-24,28-31,42H,12,14-17,19-20H2,1-9H3,(H,36,45)(H,37,44)(H,38,46)(H,39,43)/t23-,24-,28+,29+,30+,31+/m1/s1. The highest BCUT2D eigenvalue weighted by molar-refractivity contribution is 7.98. The van der Waals surface area contributed by atoms with Gasteiger partial charge in [0.25, 0.3) is 0 Å². The first-order valence-electron chi connectivity index (χ1n) is 17.0. The first kappa shape index (κ1) is 40.9. The molecule has 0 aliphatic rings. The monoisotopic (exact) mass is 690 g/mol. The molecule has 0 saturated heterocycles. The lowest BCUT2D eigenvalue weighted by Gasteiger charge is -2.30. The molecule has 2 aromatic heterocycles. The largest absolute Gasteiger partial charge is 0.467 e. The Bertz CT molecular complexity index is 1300. The number of aliphatic hydroxyl groups excluding tert-OH is 1. The highest BCUT2D eigenvalue weighted by Gasteiger charge is 2.31. The number of furan rings is 1. The lowest BCUT2D eigenvalue weighted by atomic mass is 9.91. The lowest BCUT2D eigenvalue weighted by Crippen LogP contribution is -2.54. The minimum Gasteiger partial charge on any atom is -0.467 e. The molecule has 0 aliphatic carbocycles. The summed E-state index contributed by atoms with van der Waals surface area (Å²) in [6.07, 6.45) is 3.86. The Balaban J connectivity index is 2.06. The number of nitrogens with one attached hydrogen (secondary N) is 4. The van der Waals surface area contributed by atoms with E-state index >= 15 is 0 Å². The van der Waals surface area contributed by atoms with Crippen molar-refractivity contribution < 1.29 is 28.7 Å². The summed E-state index contributed by atoms with van der Waals surface area (Å²) in [7, 11) is 0. The fraction of sp³-hybridized carbons (Fsp3) is 0.686. The molecule has 0 unspecified atom stereocenters. The van der Waals surface area contributed by atoms with E-state index in [-0.39, 0.29) is 48.4 Å². The van der Waals surface area contributed by atoms with Crippen molar-refractivity contribution in [2.75, 3.05) is 12.0 Å². The summed E-state index contributed by atoms with van der Waals surface area (Å²) in [6, 6.07) is 3.28. The fourth-order valence-electron chi connectivity index (χ4n) is 5.49. The minimum absolute atomic E-state index is 0.0768. The van der Waals surface area contributed by atoms with Gasteiger partial charge >= 0.3 is 0 Å². The van der Waals surface area contributed by atoms with Gasteiger partial charge in [0.15, 0.2) is 0 Å². The average molecular weight is 691 g/mol. The van der Waals surface area contributed by atoms with Crippen LogP contribution in [0.1, 0.15) is 84.4 Å². The number of hydrogen-bond donors (Lipinski definition) is 5. The van der Waals surface area contributed by atoms with Gasteiger partial charge in [-0.2, -0.15) is 16.9 Å². The second kappa shape index (κ2) is 20.3. The van der Waals surface area contributed by atoms with Gasteiger partial charge in [0, 0.05) is 11.6 Å². The van der Waals surface area contributed by atoms with Crippen molar-refractivity contribution >= 4 is 35.4 Å². The number of aryl methyl sites for hydroxylation is 2. The van der Waals surface area contributed by atoms with E-state index in [0.717, 1.165) is 11.4 Å². The minimum atomic E-state index is -1.03. The summed E-state index contributed by atoms with van der Waals surface area (Å²) in [5.74, 6) is -0.792. The highest BCUT2D eigenvalue weighted by atomic mass is 32.2. The second-order valence-electron chi connectivity index (χ2n) is 13.8. The van der Waals surface area contributed by atoms with Crippen LogP contribution in [0, 0.1) is 37.5 Å². The van der Waals surface area contributed by atoms with Gasteiger partial charge in [-0.25, -0.2) is 0 Å². The summed E-state index contributed by atoms with van der Waals surface area (Å²) in [6.45, 7) is 15.9. The van der Waals surface area contributed by atoms with E-state index in [2.05, 4.69) is 26.4 Å². The quantitative estimate of drug-likeness (QED) is 0.132. The molecule has 2 heterocycles. The molecule has 48 heavy (non-hydrogen) atoms. The summed E-state index contributed by atoms with van der Waals surface area (Å²) in [4.78, 5) is 53.1. The Morgan fingerprint density at radius 1 is 0.875 bits per heavy atom. The molecule has 270 valence electrons. The third-order valence-electron chi connectivity index (χ3n) is 8.16. The topological polar surface area (TPSA) is 168 Å². The molecule has 6 atom stereocenters. The smallest absolute Gasteiger partial charge is 0.242 e. The molecule has 2 rings (SSSR count). The maximum absolute atomic E-state index is 13.6. The molecule has 5 N–H and O–H groups in total. The number of carbonyl (C=O) groups excluding carboxylic acids is 4. The highest BCUT2D eigenvalue weighted by Crippen LogP contribution is 2.18. The number of carbonyl (C=O) groups is 4. The lowest BCUT2D eigenvalue weighted by molar-refractivity contribution is -0.133. The van der Waals surface area contributed by atoms with Crippen LogP contribution in [-0.2, 0) is 32.3 Å². The summed E-state index contributed by atoms with van der Waals surface area (Å²) < 4.78 is 7.08. The van der Waals surface area contributed by atoms with Gasteiger partial charge in [-0.1, -0.05) is 41.5 Å². The molecule has 0 saturated carbocycles. The molecule has 12 nitrogen and oxygen atoms in total. The maximum Gasteiger partial charge on any atom is 0.242 e. The zero-order chi connectivity index (χ0) is 36.0. The van der Waals surface area contributed by atoms with E-state index in [1.165, 1.54) is 6.26 Å². The van der Waals surface area contributed by atoms with E-state index in [1.807, 2.05) is 60.8 Å². The molecular weight excluding hydrogens is 632 g/mol. The van der Waals surface area contributed by atoms with Crippen molar-refractivity contribution in [2.45, 2.75) is 118 Å². The molecular formula is C35H58N6O6S. The fourth-order valence-corrected chi connectivity index (χ4v) is 5.96. The number of aliphatic hydroxyl groups is 1. The molecule has 13 heteroatoms. The Labute approximate surface area is 290 Å². The molecule has 4 amide bonds. The number of amides is 4. The Kier molecular flexibility index (Phi) is 17.2. The Morgan fingerprint density at radius 2 is 1.52 bits per heavy atom. The Morgan fingerprint density at radius 3 is 2.08 bits per heavy atom. The van der Waals surface area contributed by atoms with Crippen LogP contribution in [0.2, 0.25) is 0 Å². The first-order chi connectivity index (χ1) is 22.6. The zero-order valence-corrected chi connectivity index (χ0v) is 31.0. The van der Waals surface area contributed by atoms with E-state index in [1.54, 1.807) is 35.5 Å². The van der Waals surface area contributed by atoms with Crippen LogP contribution in [0.25, 0.3) is 0 Å². The van der Waals surface area contributed by atoms with Crippen LogP contribution < -0.4 is 21.3 Å². The van der Waals surface area contributed by atoms with Gasteiger partial charge < -0.3 is 30.8 Å². The van der Waals surface area contributed by atoms with Crippen molar-refractivity contribution in [3.8, 4) is 0 Å². The van der Waals surface area contributed by atoms with Crippen molar-refractivity contribution in [1.82, 2.24) is 31.0 Å². The Hall–Kier alpha value is -3.32. The van der Waals surface area contributed by atoms with Crippen LogP contribution in [0.3, 0.4) is 0 Å². The second-order valence-corrected chi connectivity index (χ2v) is 14.8. The van der Waals surface area contributed by atoms with Crippen LogP contribution in [0.4, 0.5) is 0 Å². The van der Waals surface area contributed by atoms with E-state index in [4.69, 9.17) is 4.42 Å². The number of hydrogen-bond acceptors (Lipinski definition) is 8. The zero-order valence-electron chi connectivity index (χ0n) is 30.2. The van der Waals surface area contributed by atoms with Crippen molar-refractivity contribution in [3.63, 3.8) is 0 Å². The summed E-state index contributed by atoms with van der Waals surface area (Å²) in [5, 5.41) is 27.4. The van der Waals surface area contributed by atoms with Crippen molar-refractivity contribution in [2.24, 2.45) is 23.7 Å². The van der Waals surface area contributed by atoms with Gasteiger partial charge in [0.2, 0.25) is 23.6 Å². The third kappa shape index (κ3) is 14.0. The molecule has 0 aliphatic heterocycles. The van der Waals surface area contributed by atoms with Crippen LogP contribution in [-0.4, -0.2) is 74.8 Å². The predicted molar refractivity (Wildman–Crippen MR) is 189 cm³/mol. The van der Waals surface area contributed by atoms with Gasteiger partial charge in [0.1, 0.15) is 17.8 Å². The van der Waals surface area contributed by atoms with E-state index in [0.29, 0.717) is 37.3 Å². The maximum atomic E-state index is 13.6. The van der Waals surface area contributed by atoms with Gasteiger partial charge in [0.05, 0.1) is 43.1 Å². The number of aromatic nitrogens is 2. The van der Waals surface area contributed by atoms with E-state index in [9.17, 15) is 24.3 Å². The van der Waals surface area contributed by atoms with Gasteiger partial charge in [-0.3, -0.25) is 23.9 Å². The van der Waals surface area contributed by atoms with Crippen LogP contribution in [0.5, 0.6) is 0 Å². The third-order valence-corrected chi connectivity index (χ3v) is 8.80. The molecule has 0 spiro atoms. The van der Waals surface area contributed by atoms with Gasteiger partial charge in [-0.15, -0.1) is 0 Å². The molecule has 0 radical (unpaired) electrons. The number of rotatable bonds is 21. The molecule has 0 fully saturated rings. The predicted octanol–water partition coefficient (Wildman–Crippen LogP) is 3.73. The summed E-state index contributed by atoms with van der Waals surface area (Å²) >= 11 is 1.58. The summed E-state index contributed by atoms with van der Waals surface area (Å²) in [5.41, 5.74) is 1.84. The molecule has 0 bridgehead atoms. The van der Waals surface area contributed by atoms with E-state index < -0.39 is 36.1 Å². The SMILES string of the molecule is CSCC[C@H](NC(=O)[C@H](C)Cn1nc(C)cc1C)C(=O)N[C@@H](CC(C)C)[C@@H](O)C[C@@H](C)C(=O)N[C@@H](CC(C)C)C(=O)NCc1ccco1. The number of thioether (sulfide) groups is 1. The number of nitrogens with zero attached hydrogens (tertiary/aromatic N) is 2.